The van der Waals surface area contributed by atoms with E-state index in [2.05, 4.69) is 4.98 Å². The number of nitrogens with two attached hydrogens (primary N) is 1. The Balaban J connectivity index is 2.34. The minimum Gasteiger partial charge on any atom is -0.474 e. The van der Waals surface area contributed by atoms with Crippen molar-refractivity contribution in [1.29, 1.82) is 0 Å². The number of hydrogen-bond donors (Lipinski definition) is 2. The molecule has 1 amide bonds. The maximum atomic E-state index is 14.5. The van der Waals surface area contributed by atoms with Gasteiger partial charge < -0.3 is 10.5 Å². The maximum absolute atomic E-state index is 14.5. The summed E-state index contributed by atoms with van der Waals surface area (Å²) in [5.41, 5.74) is 4.86. The summed E-state index contributed by atoms with van der Waals surface area (Å²) in [4.78, 5) is 15.8. The molecule has 0 spiro atoms. The van der Waals surface area contributed by atoms with Gasteiger partial charge in [-0.25, -0.2) is 13.6 Å². The Kier molecular flexibility index (Phi) is 9.39. The SMILES string of the molecule is CCC(CC)Oc1nc(C(F)(F)F)ccc1CCC(C(N)=O)c1ccc(N(C)S(=O)O)c(F)c1. The van der Waals surface area contributed by atoms with Gasteiger partial charge in [-0.15, -0.1) is 0 Å². The number of anilines is 1. The minimum absolute atomic E-state index is 0.0577. The number of pyridine rings is 1. The summed E-state index contributed by atoms with van der Waals surface area (Å²) >= 11 is -2.44. The van der Waals surface area contributed by atoms with Gasteiger partial charge in [0.25, 0.3) is 11.3 Å². The topological polar surface area (TPSA) is 106 Å². The number of nitrogens with zero attached hydrogens (tertiary/aromatic N) is 2. The second-order valence-corrected chi connectivity index (χ2v) is 8.66. The second-order valence-electron chi connectivity index (χ2n) is 7.65. The van der Waals surface area contributed by atoms with E-state index in [1.807, 2.05) is 13.8 Å². The molecule has 0 bridgehead atoms. The number of rotatable bonds is 11. The van der Waals surface area contributed by atoms with E-state index in [4.69, 9.17) is 15.0 Å². The summed E-state index contributed by atoms with van der Waals surface area (Å²) in [6.07, 6.45) is -3.70. The highest BCUT2D eigenvalue weighted by molar-refractivity contribution is 7.80. The summed E-state index contributed by atoms with van der Waals surface area (Å²) < 4.78 is 80.9. The first kappa shape index (κ1) is 27.5. The second kappa shape index (κ2) is 11.6. The number of carbonyl (C=O) groups is 1. The molecular weight excluding hydrogens is 478 g/mol. The van der Waals surface area contributed by atoms with E-state index >= 15 is 0 Å². The van der Waals surface area contributed by atoms with Crippen molar-refractivity contribution in [3.63, 3.8) is 0 Å². The summed E-state index contributed by atoms with van der Waals surface area (Å²) in [6, 6.07) is 5.79. The lowest BCUT2D eigenvalue weighted by molar-refractivity contribution is -0.141. The number of carbonyl (C=O) groups excluding carboxylic acids is 1. The maximum Gasteiger partial charge on any atom is 0.433 e. The summed E-state index contributed by atoms with van der Waals surface area (Å²) in [5.74, 6) is -2.71. The van der Waals surface area contributed by atoms with Crippen molar-refractivity contribution in [3.8, 4) is 5.88 Å². The molecule has 12 heteroatoms. The number of hydrogen-bond acceptors (Lipinski definition) is 4. The van der Waals surface area contributed by atoms with Crippen LogP contribution < -0.4 is 14.8 Å². The first-order valence-electron chi connectivity index (χ1n) is 10.6. The number of amides is 1. The third-order valence-electron chi connectivity index (χ3n) is 5.41. The zero-order valence-corrected chi connectivity index (χ0v) is 19.8. The lowest BCUT2D eigenvalue weighted by Crippen LogP contribution is -2.24. The number of ether oxygens (including phenoxy) is 1. The zero-order valence-electron chi connectivity index (χ0n) is 18.9. The van der Waals surface area contributed by atoms with Crippen LogP contribution in [0.3, 0.4) is 0 Å². The third-order valence-corrected chi connectivity index (χ3v) is 6.08. The number of primary amides is 1. The molecule has 0 aliphatic rings. The Labute approximate surface area is 197 Å². The Bertz CT molecular complexity index is 1030. The first-order valence-corrected chi connectivity index (χ1v) is 11.6. The van der Waals surface area contributed by atoms with Gasteiger partial charge >= 0.3 is 6.18 Å². The molecule has 0 radical (unpaired) electrons. The van der Waals surface area contributed by atoms with E-state index in [1.54, 1.807) is 0 Å². The van der Waals surface area contributed by atoms with Crippen molar-refractivity contribution < 1.29 is 35.9 Å². The van der Waals surface area contributed by atoms with Crippen molar-refractivity contribution in [2.75, 3.05) is 11.4 Å². The normalized spacial score (nSPS) is 13.6. The average Bonchev–Trinajstić information content (AvgIpc) is 2.76. The van der Waals surface area contributed by atoms with Crippen LogP contribution in [-0.2, 0) is 28.7 Å². The van der Waals surface area contributed by atoms with Crippen LogP contribution >= 0.6 is 0 Å². The van der Waals surface area contributed by atoms with Crippen LogP contribution in [0.1, 0.15) is 55.8 Å². The molecule has 1 heterocycles. The molecule has 1 aromatic carbocycles. The Morgan fingerprint density at radius 3 is 2.38 bits per heavy atom. The van der Waals surface area contributed by atoms with E-state index < -0.39 is 40.8 Å². The molecule has 2 unspecified atom stereocenters. The Morgan fingerprint density at radius 1 is 1.24 bits per heavy atom. The highest BCUT2D eigenvalue weighted by atomic mass is 32.2. The molecule has 2 atom stereocenters. The van der Waals surface area contributed by atoms with Gasteiger partial charge in [0, 0.05) is 12.6 Å². The number of aryl methyl sites for hydroxylation is 1. The van der Waals surface area contributed by atoms with Crippen LogP contribution in [0.5, 0.6) is 5.88 Å². The molecular formula is C22H27F4N3O4S. The van der Waals surface area contributed by atoms with Crippen LogP contribution in [-0.4, -0.2) is 32.8 Å². The van der Waals surface area contributed by atoms with Crippen LogP contribution in [0.25, 0.3) is 0 Å². The third kappa shape index (κ3) is 6.89. The molecule has 188 valence electrons. The fraction of sp³-hybridized carbons (Fsp3) is 0.455. The van der Waals surface area contributed by atoms with Gasteiger partial charge in [0.1, 0.15) is 11.5 Å². The number of halogens is 4. The molecule has 7 nitrogen and oxygen atoms in total. The lowest BCUT2D eigenvalue weighted by atomic mass is 9.91. The summed E-state index contributed by atoms with van der Waals surface area (Å²) in [7, 11) is 1.22. The monoisotopic (exact) mass is 505 g/mol. The fourth-order valence-electron chi connectivity index (χ4n) is 3.39. The largest absolute Gasteiger partial charge is 0.474 e. The summed E-state index contributed by atoms with van der Waals surface area (Å²) in [6.45, 7) is 3.68. The van der Waals surface area contributed by atoms with Gasteiger partial charge in [-0.05, 0) is 49.4 Å². The van der Waals surface area contributed by atoms with Crippen molar-refractivity contribution >= 4 is 22.9 Å². The van der Waals surface area contributed by atoms with E-state index in [-0.39, 0.29) is 36.1 Å². The minimum atomic E-state index is -4.65. The standard InChI is InChI=1S/C22H27F4N3O4S/c1-4-15(5-2)33-21-13(8-11-19(28-21)22(24,25)26)6-9-16(20(27)30)14-7-10-18(17(23)12-14)29(3)34(31)32/h7-8,10-12,15-16H,4-6,9H2,1-3H3,(H2,27,30)(H,31,32). The van der Waals surface area contributed by atoms with Crippen LogP contribution in [0.15, 0.2) is 30.3 Å². The lowest BCUT2D eigenvalue weighted by Gasteiger charge is -2.20. The molecule has 0 saturated carbocycles. The molecule has 0 aliphatic heterocycles. The summed E-state index contributed by atoms with van der Waals surface area (Å²) in [5, 5.41) is 0. The molecule has 0 saturated heterocycles. The molecule has 2 rings (SSSR count). The van der Waals surface area contributed by atoms with Crippen molar-refractivity contribution in [3.05, 3.63) is 53.0 Å². The van der Waals surface area contributed by atoms with Gasteiger partial charge in [0.05, 0.1) is 17.7 Å². The highest BCUT2D eigenvalue weighted by Crippen LogP contribution is 2.33. The van der Waals surface area contributed by atoms with Crippen molar-refractivity contribution in [2.24, 2.45) is 5.73 Å². The fourth-order valence-corrected chi connectivity index (χ4v) is 3.70. The molecule has 0 fully saturated rings. The van der Waals surface area contributed by atoms with Gasteiger partial charge in [-0.3, -0.25) is 13.7 Å². The zero-order chi connectivity index (χ0) is 25.6. The average molecular weight is 506 g/mol. The molecule has 0 aliphatic carbocycles. The predicted octanol–water partition coefficient (Wildman–Crippen LogP) is 4.58. The number of benzene rings is 1. The van der Waals surface area contributed by atoms with Crippen LogP contribution in [0, 0.1) is 5.82 Å². The van der Waals surface area contributed by atoms with Gasteiger partial charge in [0.15, 0.2) is 0 Å². The highest BCUT2D eigenvalue weighted by Gasteiger charge is 2.33. The van der Waals surface area contributed by atoms with Crippen molar-refractivity contribution in [2.45, 2.75) is 57.7 Å². The molecule has 34 heavy (non-hydrogen) atoms. The van der Waals surface area contributed by atoms with Gasteiger partial charge in [0.2, 0.25) is 11.8 Å². The van der Waals surface area contributed by atoms with E-state index in [0.717, 1.165) is 16.4 Å². The predicted molar refractivity (Wildman–Crippen MR) is 120 cm³/mol. The first-order chi connectivity index (χ1) is 15.9. The Hall–Kier alpha value is -2.73. The molecule has 1 aromatic heterocycles. The smallest absolute Gasteiger partial charge is 0.433 e. The Morgan fingerprint density at radius 2 is 1.88 bits per heavy atom. The molecule has 2 aromatic rings. The van der Waals surface area contributed by atoms with E-state index in [9.17, 15) is 26.6 Å². The van der Waals surface area contributed by atoms with Crippen LogP contribution in [0.2, 0.25) is 0 Å². The van der Waals surface area contributed by atoms with E-state index in [0.29, 0.717) is 18.4 Å². The van der Waals surface area contributed by atoms with Gasteiger partial charge in [-0.2, -0.15) is 13.2 Å². The van der Waals surface area contributed by atoms with E-state index in [1.165, 1.54) is 25.2 Å². The van der Waals surface area contributed by atoms with Gasteiger partial charge in [-0.1, -0.05) is 26.0 Å². The van der Waals surface area contributed by atoms with Crippen LogP contribution in [0.4, 0.5) is 23.2 Å². The quantitative estimate of drug-likeness (QED) is 0.344. The van der Waals surface area contributed by atoms with Crippen molar-refractivity contribution in [1.82, 2.24) is 4.98 Å². The molecule has 3 N–H and O–H groups in total. The number of aromatic nitrogens is 1. The number of alkyl halides is 3.